The van der Waals surface area contributed by atoms with Gasteiger partial charge < -0.3 is 9.88 Å². The first-order valence-corrected chi connectivity index (χ1v) is 8.25. The molecule has 152 valence electrons. The van der Waals surface area contributed by atoms with Crippen LogP contribution in [0.15, 0.2) is 30.5 Å². The number of amides is 1. The van der Waals surface area contributed by atoms with Gasteiger partial charge in [-0.25, -0.2) is 4.39 Å². The van der Waals surface area contributed by atoms with Gasteiger partial charge in [-0.15, -0.1) is 0 Å². The van der Waals surface area contributed by atoms with Gasteiger partial charge in [0.1, 0.15) is 17.6 Å². The van der Waals surface area contributed by atoms with E-state index in [2.05, 4.69) is 5.32 Å². The molecule has 6 nitrogen and oxygen atoms in total. The fourth-order valence-electron chi connectivity index (χ4n) is 2.45. The quantitative estimate of drug-likeness (QED) is 0.448. The molecular weight excluding hydrogens is 394 g/mol. The minimum atomic E-state index is -4.60. The monoisotopic (exact) mass is 409 g/mol. The summed E-state index contributed by atoms with van der Waals surface area (Å²) in [6.07, 6.45) is -4.45. The number of anilines is 1. The Labute approximate surface area is 162 Å². The van der Waals surface area contributed by atoms with Crippen molar-refractivity contribution >= 4 is 23.2 Å². The predicted octanol–water partition coefficient (Wildman–Crippen LogP) is 3.63. The van der Waals surface area contributed by atoms with Crippen molar-refractivity contribution in [1.29, 1.82) is 5.26 Å². The van der Waals surface area contributed by atoms with Crippen LogP contribution in [-0.2, 0) is 11.8 Å². The Kier molecular flexibility index (Phi) is 6.21. The molecule has 0 aliphatic heterocycles. The number of carbonyl (C=O) groups excluding carboxylic acids is 3. The molecule has 2 rings (SSSR count). The van der Waals surface area contributed by atoms with Crippen LogP contribution < -0.4 is 5.32 Å². The van der Waals surface area contributed by atoms with Gasteiger partial charge in [0.25, 0.3) is 5.91 Å². The van der Waals surface area contributed by atoms with Crippen LogP contribution in [0, 0.1) is 23.1 Å². The number of aromatic nitrogens is 1. The van der Waals surface area contributed by atoms with Crippen molar-refractivity contribution in [3.8, 4) is 6.07 Å². The third-order valence-corrected chi connectivity index (χ3v) is 4.15. The summed E-state index contributed by atoms with van der Waals surface area (Å²) in [5, 5.41) is 11.2. The molecule has 0 unspecified atom stereocenters. The van der Waals surface area contributed by atoms with Crippen LogP contribution in [0.25, 0.3) is 0 Å². The van der Waals surface area contributed by atoms with Gasteiger partial charge in [0, 0.05) is 30.9 Å². The zero-order valence-electron chi connectivity index (χ0n) is 15.3. The van der Waals surface area contributed by atoms with E-state index in [1.807, 2.05) is 0 Å². The van der Waals surface area contributed by atoms with Gasteiger partial charge in [0.05, 0.1) is 11.5 Å². The number of alkyl halides is 3. The first-order valence-electron chi connectivity index (χ1n) is 8.25. The molecule has 0 radical (unpaired) electrons. The van der Waals surface area contributed by atoms with Crippen LogP contribution in [0.3, 0.4) is 0 Å². The van der Waals surface area contributed by atoms with Crippen molar-refractivity contribution in [2.75, 3.05) is 5.32 Å². The lowest BCUT2D eigenvalue weighted by Gasteiger charge is -2.13. The maximum atomic E-state index is 13.3. The molecule has 0 spiro atoms. The second-order valence-corrected chi connectivity index (χ2v) is 6.38. The van der Waals surface area contributed by atoms with Crippen molar-refractivity contribution < 1.29 is 31.9 Å². The van der Waals surface area contributed by atoms with Gasteiger partial charge in [-0.1, -0.05) is 6.92 Å². The van der Waals surface area contributed by atoms with Crippen molar-refractivity contribution in [1.82, 2.24) is 4.57 Å². The second-order valence-electron chi connectivity index (χ2n) is 6.38. The first-order chi connectivity index (χ1) is 13.4. The standard InChI is InChI=1S/C19H15F4N3O3/c1-10(19(21,22)23)5-16(27)17(28)12-7-15(26(2)9-12)18(29)25-13-3-4-14(20)11(6-13)8-24/h3-4,6-7,9-10H,5H2,1-2H3,(H,25,29)/t10-/m1/s1. The number of rotatable bonds is 6. The Morgan fingerprint density at radius 2 is 1.90 bits per heavy atom. The lowest BCUT2D eigenvalue weighted by Crippen LogP contribution is -2.26. The molecule has 1 atom stereocenters. The molecule has 0 bridgehead atoms. The molecule has 1 heterocycles. The van der Waals surface area contributed by atoms with Gasteiger partial charge in [-0.2, -0.15) is 18.4 Å². The number of nitriles is 1. The van der Waals surface area contributed by atoms with Crippen molar-refractivity contribution in [3.05, 3.63) is 53.1 Å². The highest BCUT2D eigenvalue weighted by Crippen LogP contribution is 2.28. The Morgan fingerprint density at radius 1 is 1.24 bits per heavy atom. The normalized spacial score (nSPS) is 12.2. The summed E-state index contributed by atoms with van der Waals surface area (Å²) >= 11 is 0. The molecule has 1 aromatic carbocycles. The first kappa shape index (κ1) is 21.8. The largest absolute Gasteiger partial charge is 0.391 e. The Morgan fingerprint density at radius 3 is 2.48 bits per heavy atom. The molecule has 1 amide bonds. The summed E-state index contributed by atoms with van der Waals surface area (Å²) < 4.78 is 52.3. The van der Waals surface area contributed by atoms with Gasteiger partial charge in [0.2, 0.25) is 11.6 Å². The second kappa shape index (κ2) is 8.26. The molecule has 2 aromatic rings. The van der Waals surface area contributed by atoms with Crippen molar-refractivity contribution in [2.24, 2.45) is 13.0 Å². The molecular formula is C19H15F4N3O3. The van der Waals surface area contributed by atoms with Crippen LogP contribution >= 0.6 is 0 Å². The van der Waals surface area contributed by atoms with E-state index in [9.17, 15) is 31.9 Å². The summed E-state index contributed by atoms with van der Waals surface area (Å²) in [5.41, 5.74) is -0.450. The molecule has 0 saturated heterocycles. The van der Waals surface area contributed by atoms with E-state index in [-0.39, 0.29) is 22.5 Å². The molecule has 1 aromatic heterocycles. The molecule has 0 aliphatic rings. The Balaban J connectivity index is 2.17. The Bertz CT molecular complexity index is 1020. The van der Waals surface area contributed by atoms with Gasteiger partial charge in [0.15, 0.2) is 0 Å². The van der Waals surface area contributed by atoms with Crippen LogP contribution in [0.4, 0.5) is 23.2 Å². The number of ketones is 2. The fourth-order valence-corrected chi connectivity index (χ4v) is 2.45. The number of carbonyl (C=O) groups is 3. The lowest BCUT2D eigenvalue weighted by atomic mass is 9.99. The third-order valence-electron chi connectivity index (χ3n) is 4.15. The third kappa shape index (κ3) is 5.07. The minimum Gasteiger partial charge on any atom is -0.346 e. The number of aryl methyl sites for hydroxylation is 1. The highest BCUT2D eigenvalue weighted by atomic mass is 19.4. The van der Waals surface area contributed by atoms with Gasteiger partial charge >= 0.3 is 6.18 Å². The molecule has 10 heteroatoms. The molecule has 29 heavy (non-hydrogen) atoms. The number of halogens is 4. The van der Waals surface area contributed by atoms with E-state index in [0.29, 0.717) is 0 Å². The van der Waals surface area contributed by atoms with E-state index < -0.39 is 41.8 Å². The summed E-state index contributed by atoms with van der Waals surface area (Å²) in [5.74, 6) is -5.81. The summed E-state index contributed by atoms with van der Waals surface area (Å²) in [7, 11) is 1.40. The summed E-state index contributed by atoms with van der Waals surface area (Å²) in [4.78, 5) is 36.4. The predicted molar refractivity (Wildman–Crippen MR) is 93.7 cm³/mol. The number of nitrogens with one attached hydrogen (secondary N) is 1. The van der Waals surface area contributed by atoms with Crippen molar-refractivity contribution in [3.63, 3.8) is 0 Å². The maximum Gasteiger partial charge on any atom is 0.391 e. The van der Waals surface area contributed by atoms with E-state index in [1.165, 1.54) is 17.7 Å². The van der Waals surface area contributed by atoms with Gasteiger partial charge in [-0.05, 0) is 24.3 Å². The van der Waals surface area contributed by atoms with Crippen LogP contribution in [0.5, 0.6) is 0 Å². The highest BCUT2D eigenvalue weighted by molar-refractivity contribution is 6.43. The smallest absolute Gasteiger partial charge is 0.346 e. The number of hydrogen-bond donors (Lipinski definition) is 1. The zero-order chi connectivity index (χ0) is 21.9. The minimum absolute atomic E-state index is 0.0622. The number of Topliss-reactive ketones (excluding diaryl/α,β-unsaturated/α-hetero) is 2. The van der Waals surface area contributed by atoms with Gasteiger partial charge in [-0.3, -0.25) is 14.4 Å². The topological polar surface area (TPSA) is 92.0 Å². The summed E-state index contributed by atoms with van der Waals surface area (Å²) in [6.45, 7) is 0.799. The molecule has 0 saturated carbocycles. The number of nitrogens with zero attached hydrogens (tertiary/aromatic N) is 2. The van der Waals surface area contributed by atoms with E-state index in [0.717, 1.165) is 31.3 Å². The molecule has 0 fully saturated rings. The molecule has 1 N–H and O–H groups in total. The number of benzene rings is 1. The number of hydrogen-bond acceptors (Lipinski definition) is 4. The maximum absolute atomic E-state index is 13.3. The van der Waals surface area contributed by atoms with Crippen molar-refractivity contribution in [2.45, 2.75) is 19.5 Å². The Hall–Kier alpha value is -3.48. The average molecular weight is 409 g/mol. The summed E-state index contributed by atoms with van der Waals surface area (Å²) in [6, 6.07) is 6.03. The van der Waals surface area contributed by atoms with E-state index in [1.54, 1.807) is 6.07 Å². The molecule has 0 aliphatic carbocycles. The highest BCUT2D eigenvalue weighted by Gasteiger charge is 2.38. The van der Waals surface area contributed by atoms with E-state index >= 15 is 0 Å². The van der Waals surface area contributed by atoms with Crippen LogP contribution in [0.2, 0.25) is 0 Å². The SMILES string of the molecule is C[C@H](CC(=O)C(=O)c1cc(C(=O)Nc2ccc(F)c(C#N)c2)n(C)c1)C(F)(F)F. The van der Waals surface area contributed by atoms with E-state index in [4.69, 9.17) is 5.26 Å². The zero-order valence-corrected chi connectivity index (χ0v) is 15.3. The van der Waals surface area contributed by atoms with Crippen LogP contribution in [0.1, 0.15) is 39.8 Å². The fraction of sp³-hybridized carbons (Fsp3) is 0.263. The average Bonchev–Trinajstić information content (AvgIpc) is 3.03. The lowest BCUT2D eigenvalue weighted by molar-refractivity contribution is -0.172. The van der Waals surface area contributed by atoms with Crippen LogP contribution in [-0.4, -0.2) is 28.2 Å².